The molecule has 30 heavy (non-hydrogen) atoms. The molecule has 6 heteroatoms. The predicted octanol–water partition coefficient (Wildman–Crippen LogP) is 5.04. The maximum atomic E-state index is 12.7. The summed E-state index contributed by atoms with van der Waals surface area (Å²) in [7, 11) is 0. The van der Waals surface area contributed by atoms with Crippen LogP contribution in [-0.2, 0) is 4.79 Å². The fourth-order valence-electron chi connectivity index (χ4n) is 3.79. The average molecular weight is 416 g/mol. The molecule has 3 aromatic carbocycles. The monoisotopic (exact) mass is 415 g/mol. The third kappa shape index (κ3) is 3.91. The maximum Gasteiger partial charge on any atom is 0.230 e. The number of carbonyl (C=O) groups excluding carboxylic acids is 1. The topological polar surface area (TPSA) is 67.0 Å². The number of fused-ring (bicyclic) bond motifs is 2. The van der Waals surface area contributed by atoms with Crippen molar-refractivity contribution in [3.8, 4) is 5.75 Å². The quantitative estimate of drug-likeness (QED) is 0.448. The lowest BCUT2D eigenvalue weighted by Crippen LogP contribution is -2.34. The highest BCUT2D eigenvalue weighted by Gasteiger charge is 2.30. The Hall–Kier alpha value is -3.25. The number of aromatic amines is 1. The normalized spacial score (nSPS) is 17.9. The smallest absolute Gasteiger partial charge is 0.230 e. The van der Waals surface area contributed by atoms with Gasteiger partial charge in [0.15, 0.2) is 5.16 Å². The van der Waals surface area contributed by atoms with Gasteiger partial charge in [-0.2, -0.15) is 0 Å². The molecule has 5 rings (SSSR count). The summed E-state index contributed by atoms with van der Waals surface area (Å²) in [6.45, 7) is 0. The van der Waals surface area contributed by atoms with Crippen LogP contribution in [0.3, 0.4) is 0 Å². The zero-order chi connectivity index (χ0) is 20.3. The highest BCUT2D eigenvalue weighted by Crippen LogP contribution is 2.40. The summed E-state index contributed by atoms with van der Waals surface area (Å²) in [6.07, 6.45) is 0.608. The van der Waals surface area contributed by atoms with Crippen molar-refractivity contribution in [2.75, 3.05) is 5.75 Å². The van der Waals surface area contributed by atoms with Crippen LogP contribution in [0.15, 0.2) is 84.0 Å². The van der Waals surface area contributed by atoms with Crippen molar-refractivity contribution in [3.05, 3.63) is 90.0 Å². The summed E-state index contributed by atoms with van der Waals surface area (Å²) in [5.74, 6) is 1.11. The van der Waals surface area contributed by atoms with Gasteiger partial charge in [-0.25, -0.2) is 4.98 Å². The van der Waals surface area contributed by atoms with Gasteiger partial charge in [-0.05, 0) is 23.8 Å². The number of nitrogens with zero attached hydrogens (tertiary/aromatic N) is 1. The van der Waals surface area contributed by atoms with E-state index in [1.54, 1.807) is 0 Å². The molecule has 1 aliphatic rings. The third-order valence-corrected chi connectivity index (χ3v) is 6.10. The zero-order valence-electron chi connectivity index (χ0n) is 16.2. The Bertz CT molecular complexity index is 1140. The molecule has 1 aromatic heterocycles. The molecule has 0 aliphatic carbocycles. The van der Waals surface area contributed by atoms with Crippen molar-refractivity contribution in [1.82, 2.24) is 15.3 Å². The number of rotatable bonds is 5. The van der Waals surface area contributed by atoms with Crippen LogP contribution in [0.4, 0.5) is 0 Å². The molecule has 5 nitrogen and oxygen atoms in total. The van der Waals surface area contributed by atoms with Gasteiger partial charge in [-0.3, -0.25) is 4.79 Å². The van der Waals surface area contributed by atoms with Crippen LogP contribution in [0.5, 0.6) is 5.75 Å². The minimum absolute atomic E-state index is 0.0195. The standard InChI is InChI=1S/C24H21N3O2S/c28-23(15-30-24-26-18-11-5-6-12-19(18)27-24)25-20-14-22(16-8-2-1-3-9-16)29-21-13-7-4-10-17(20)21/h1-13,20,22H,14-15H2,(H,25,28)(H,26,27). The summed E-state index contributed by atoms with van der Waals surface area (Å²) in [5, 5.41) is 3.95. The highest BCUT2D eigenvalue weighted by molar-refractivity contribution is 7.99. The second-order valence-electron chi connectivity index (χ2n) is 7.26. The molecule has 0 radical (unpaired) electrons. The first-order chi connectivity index (χ1) is 14.8. The number of amides is 1. The first-order valence-corrected chi connectivity index (χ1v) is 10.9. The Kier molecular flexibility index (Phi) is 5.15. The Balaban J connectivity index is 1.29. The molecule has 0 saturated carbocycles. The maximum absolute atomic E-state index is 12.7. The number of benzene rings is 3. The van der Waals surface area contributed by atoms with Crippen molar-refractivity contribution >= 4 is 28.7 Å². The van der Waals surface area contributed by atoms with Crippen LogP contribution in [0, 0.1) is 0 Å². The van der Waals surface area contributed by atoms with E-state index < -0.39 is 0 Å². The van der Waals surface area contributed by atoms with Gasteiger partial charge in [0.25, 0.3) is 0 Å². The van der Waals surface area contributed by atoms with Crippen molar-refractivity contribution < 1.29 is 9.53 Å². The molecule has 0 bridgehead atoms. The van der Waals surface area contributed by atoms with Gasteiger partial charge in [0.2, 0.25) is 5.91 Å². The minimum Gasteiger partial charge on any atom is -0.485 e. The van der Waals surface area contributed by atoms with Crippen molar-refractivity contribution in [1.29, 1.82) is 0 Å². The van der Waals surface area contributed by atoms with E-state index in [1.807, 2.05) is 66.7 Å². The van der Waals surface area contributed by atoms with E-state index in [9.17, 15) is 4.79 Å². The lowest BCUT2D eigenvalue weighted by molar-refractivity contribution is -0.119. The number of nitrogens with one attached hydrogen (secondary N) is 2. The van der Waals surface area contributed by atoms with E-state index in [4.69, 9.17) is 4.74 Å². The number of imidazole rings is 1. The van der Waals surface area contributed by atoms with Gasteiger partial charge in [0.05, 0.1) is 22.8 Å². The number of para-hydroxylation sites is 3. The molecule has 0 saturated heterocycles. The largest absolute Gasteiger partial charge is 0.485 e. The second kappa shape index (κ2) is 8.24. The summed E-state index contributed by atoms with van der Waals surface area (Å²) >= 11 is 1.41. The van der Waals surface area contributed by atoms with Gasteiger partial charge in [0.1, 0.15) is 11.9 Å². The van der Waals surface area contributed by atoms with Gasteiger partial charge < -0.3 is 15.0 Å². The molecular weight excluding hydrogens is 394 g/mol. The molecule has 1 amide bonds. The molecule has 150 valence electrons. The summed E-state index contributed by atoms with van der Waals surface area (Å²) in [4.78, 5) is 20.5. The first-order valence-electron chi connectivity index (χ1n) is 9.94. The number of ether oxygens (including phenoxy) is 1. The van der Waals surface area contributed by atoms with Gasteiger partial charge >= 0.3 is 0 Å². The van der Waals surface area contributed by atoms with Crippen molar-refractivity contribution in [3.63, 3.8) is 0 Å². The number of hydrogen-bond donors (Lipinski definition) is 2. The van der Waals surface area contributed by atoms with E-state index in [2.05, 4.69) is 27.4 Å². The van der Waals surface area contributed by atoms with E-state index in [0.29, 0.717) is 12.2 Å². The Morgan fingerprint density at radius 1 is 1.03 bits per heavy atom. The van der Waals surface area contributed by atoms with Crippen LogP contribution >= 0.6 is 11.8 Å². The molecule has 4 aromatic rings. The van der Waals surface area contributed by atoms with E-state index in [1.165, 1.54) is 11.8 Å². The number of H-pyrrole nitrogens is 1. The van der Waals surface area contributed by atoms with Crippen LogP contribution in [0.2, 0.25) is 0 Å². The van der Waals surface area contributed by atoms with Gasteiger partial charge in [-0.1, -0.05) is 72.4 Å². The Morgan fingerprint density at radius 2 is 1.80 bits per heavy atom. The summed E-state index contributed by atoms with van der Waals surface area (Å²) in [5.41, 5.74) is 4.02. The Morgan fingerprint density at radius 3 is 2.67 bits per heavy atom. The summed E-state index contributed by atoms with van der Waals surface area (Å²) in [6, 6.07) is 25.8. The van der Waals surface area contributed by atoms with Crippen molar-refractivity contribution in [2.45, 2.75) is 23.7 Å². The molecule has 2 N–H and O–H groups in total. The molecular formula is C24H21N3O2S. The first kappa shape index (κ1) is 18.8. The lowest BCUT2D eigenvalue weighted by Gasteiger charge is -2.33. The van der Waals surface area contributed by atoms with Crippen LogP contribution in [0.25, 0.3) is 11.0 Å². The average Bonchev–Trinajstić information content (AvgIpc) is 3.21. The second-order valence-corrected chi connectivity index (χ2v) is 8.22. The number of aromatic nitrogens is 2. The third-order valence-electron chi connectivity index (χ3n) is 5.23. The molecule has 1 aliphatic heterocycles. The van der Waals surface area contributed by atoms with Gasteiger partial charge in [0, 0.05) is 12.0 Å². The molecule has 2 unspecified atom stereocenters. The fourth-order valence-corrected chi connectivity index (χ4v) is 4.49. The number of thioether (sulfide) groups is 1. The van der Waals surface area contributed by atoms with E-state index >= 15 is 0 Å². The number of hydrogen-bond acceptors (Lipinski definition) is 4. The SMILES string of the molecule is O=C(CSc1nc2ccccc2[nH]1)NC1CC(c2ccccc2)Oc2ccccc21. The van der Waals surface area contributed by atoms with Gasteiger partial charge in [-0.15, -0.1) is 0 Å². The van der Waals surface area contributed by atoms with E-state index in [0.717, 1.165) is 33.1 Å². The molecule has 2 heterocycles. The highest BCUT2D eigenvalue weighted by atomic mass is 32.2. The minimum atomic E-state index is -0.0936. The fraction of sp³-hybridized carbons (Fsp3) is 0.167. The molecule has 2 atom stereocenters. The van der Waals surface area contributed by atoms with Crippen LogP contribution < -0.4 is 10.1 Å². The van der Waals surface area contributed by atoms with Crippen molar-refractivity contribution in [2.24, 2.45) is 0 Å². The molecule has 0 spiro atoms. The Labute approximate surface area is 178 Å². The predicted molar refractivity (Wildman–Crippen MR) is 119 cm³/mol. The number of carbonyl (C=O) groups is 1. The van der Waals surface area contributed by atoms with Crippen LogP contribution in [0.1, 0.15) is 29.7 Å². The lowest BCUT2D eigenvalue weighted by atomic mass is 9.93. The zero-order valence-corrected chi connectivity index (χ0v) is 17.1. The summed E-state index contributed by atoms with van der Waals surface area (Å²) < 4.78 is 6.22. The van der Waals surface area contributed by atoms with Crippen LogP contribution in [-0.4, -0.2) is 21.6 Å². The molecule has 0 fully saturated rings. The van der Waals surface area contributed by atoms with E-state index in [-0.39, 0.29) is 18.1 Å².